The number of esters is 1. The SMILES string of the molecule is CC1CC(NNc2ccc(Br)cc2)=C(C(=S)Nc2ccccc2)C(=O)O1. The third-order valence-electron chi connectivity index (χ3n) is 3.77. The Kier molecular flexibility index (Phi) is 5.90. The number of hydrogen-bond donors (Lipinski definition) is 3. The van der Waals surface area contributed by atoms with Crippen LogP contribution in [0.1, 0.15) is 13.3 Å². The van der Waals surface area contributed by atoms with Crippen LogP contribution in [-0.4, -0.2) is 17.1 Å². The summed E-state index contributed by atoms with van der Waals surface area (Å²) in [7, 11) is 0. The maximum atomic E-state index is 12.4. The first-order valence-corrected chi connectivity index (χ1v) is 9.31. The molecule has 5 nitrogen and oxygen atoms in total. The van der Waals surface area contributed by atoms with Crippen LogP contribution in [0.3, 0.4) is 0 Å². The molecule has 0 spiro atoms. The minimum absolute atomic E-state index is 0.222. The molecule has 0 fully saturated rings. The number of thiocarbonyl (C=S) groups is 1. The van der Waals surface area contributed by atoms with E-state index in [1.54, 1.807) is 0 Å². The monoisotopic (exact) mass is 431 g/mol. The van der Waals surface area contributed by atoms with Crippen molar-refractivity contribution < 1.29 is 9.53 Å². The van der Waals surface area contributed by atoms with E-state index < -0.39 is 5.97 Å². The van der Waals surface area contributed by atoms with Gasteiger partial charge in [0.15, 0.2) is 0 Å². The number of benzene rings is 2. The van der Waals surface area contributed by atoms with Crippen molar-refractivity contribution in [3.05, 3.63) is 70.3 Å². The smallest absolute Gasteiger partial charge is 0.343 e. The number of hydrazine groups is 1. The van der Waals surface area contributed by atoms with Gasteiger partial charge in [0.2, 0.25) is 0 Å². The predicted molar refractivity (Wildman–Crippen MR) is 111 cm³/mol. The number of ether oxygens (including phenoxy) is 1. The van der Waals surface area contributed by atoms with E-state index in [0.29, 0.717) is 22.7 Å². The predicted octanol–water partition coefficient (Wildman–Crippen LogP) is 4.39. The third kappa shape index (κ3) is 4.62. The summed E-state index contributed by atoms with van der Waals surface area (Å²) in [5.41, 5.74) is 8.95. The zero-order valence-corrected chi connectivity index (χ0v) is 16.5. The van der Waals surface area contributed by atoms with Gasteiger partial charge in [0.1, 0.15) is 16.7 Å². The van der Waals surface area contributed by atoms with Crippen molar-refractivity contribution >= 4 is 50.5 Å². The Labute approximate surface area is 165 Å². The molecule has 3 rings (SSSR count). The molecular formula is C19H18BrN3O2S. The molecule has 3 N–H and O–H groups in total. The van der Waals surface area contributed by atoms with E-state index in [0.717, 1.165) is 15.8 Å². The molecule has 134 valence electrons. The second kappa shape index (κ2) is 8.33. The van der Waals surface area contributed by atoms with Gasteiger partial charge >= 0.3 is 5.97 Å². The zero-order chi connectivity index (χ0) is 18.5. The Bertz CT molecular complexity index is 838. The molecule has 2 aromatic carbocycles. The highest BCUT2D eigenvalue weighted by molar-refractivity contribution is 9.10. The second-order valence-electron chi connectivity index (χ2n) is 5.85. The number of hydrogen-bond acceptors (Lipinski definition) is 5. The van der Waals surface area contributed by atoms with Crippen LogP contribution >= 0.6 is 28.1 Å². The molecule has 0 saturated heterocycles. The van der Waals surface area contributed by atoms with E-state index in [-0.39, 0.29) is 6.10 Å². The largest absolute Gasteiger partial charge is 0.459 e. The Morgan fingerprint density at radius 3 is 2.46 bits per heavy atom. The lowest BCUT2D eigenvalue weighted by atomic mass is 10.1. The molecule has 1 aliphatic heterocycles. The Morgan fingerprint density at radius 2 is 1.77 bits per heavy atom. The quantitative estimate of drug-likeness (QED) is 0.370. The number of para-hydroxylation sites is 1. The van der Waals surface area contributed by atoms with Crippen LogP contribution in [0.15, 0.2) is 70.3 Å². The summed E-state index contributed by atoms with van der Waals surface area (Å²) in [4.78, 5) is 12.7. The number of carbonyl (C=O) groups excluding carboxylic acids is 1. The molecule has 0 radical (unpaired) electrons. The van der Waals surface area contributed by atoms with Crippen LogP contribution in [0.5, 0.6) is 0 Å². The fourth-order valence-corrected chi connectivity index (χ4v) is 3.12. The topological polar surface area (TPSA) is 62.4 Å². The van der Waals surface area contributed by atoms with Gasteiger partial charge in [-0.2, -0.15) is 0 Å². The van der Waals surface area contributed by atoms with Gasteiger partial charge < -0.3 is 20.9 Å². The zero-order valence-electron chi connectivity index (χ0n) is 14.1. The summed E-state index contributed by atoms with van der Waals surface area (Å²) in [6.07, 6.45) is 0.321. The lowest BCUT2D eigenvalue weighted by Gasteiger charge is -2.26. The number of rotatable bonds is 5. The van der Waals surface area contributed by atoms with Crippen molar-refractivity contribution in [3.63, 3.8) is 0 Å². The van der Waals surface area contributed by atoms with Crippen LogP contribution < -0.4 is 16.2 Å². The van der Waals surface area contributed by atoms with E-state index >= 15 is 0 Å². The van der Waals surface area contributed by atoms with E-state index in [1.807, 2.05) is 61.5 Å². The van der Waals surface area contributed by atoms with Crippen LogP contribution in [0, 0.1) is 0 Å². The van der Waals surface area contributed by atoms with E-state index in [1.165, 1.54) is 0 Å². The van der Waals surface area contributed by atoms with Gasteiger partial charge in [-0.1, -0.05) is 46.3 Å². The van der Waals surface area contributed by atoms with Gasteiger partial charge in [0.25, 0.3) is 0 Å². The van der Waals surface area contributed by atoms with Gasteiger partial charge in [-0.25, -0.2) is 4.79 Å². The number of nitrogens with one attached hydrogen (secondary N) is 3. The van der Waals surface area contributed by atoms with Gasteiger partial charge in [0, 0.05) is 16.6 Å². The molecule has 0 amide bonds. The van der Waals surface area contributed by atoms with Gasteiger partial charge in [-0.3, -0.25) is 0 Å². The van der Waals surface area contributed by atoms with Gasteiger partial charge in [0.05, 0.1) is 11.4 Å². The summed E-state index contributed by atoms with van der Waals surface area (Å²) in [5.74, 6) is -0.433. The first kappa shape index (κ1) is 18.4. The highest BCUT2D eigenvalue weighted by Crippen LogP contribution is 2.23. The van der Waals surface area contributed by atoms with E-state index in [9.17, 15) is 4.79 Å². The maximum absolute atomic E-state index is 12.4. The molecular weight excluding hydrogens is 414 g/mol. The van der Waals surface area contributed by atoms with Crippen molar-refractivity contribution in [2.75, 3.05) is 10.7 Å². The average molecular weight is 432 g/mol. The third-order valence-corrected chi connectivity index (χ3v) is 4.60. The molecule has 1 heterocycles. The Hall–Kier alpha value is -2.38. The molecule has 1 unspecified atom stereocenters. The molecule has 2 aromatic rings. The van der Waals surface area contributed by atoms with Crippen LogP contribution in [0.25, 0.3) is 0 Å². The first-order valence-electron chi connectivity index (χ1n) is 8.11. The van der Waals surface area contributed by atoms with Crippen molar-refractivity contribution in [1.82, 2.24) is 5.43 Å². The summed E-state index contributed by atoms with van der Waals surface area (Å²) in [6.45, 7) is 1.85. The molecule has 0 bridgehead atoms. The van der Waals surface area contributed by atoms with Gasteiger partial charge in [-0.05, 0) is 43.3 Å². The number of carbonyl (C=O) groups is 1. The summed E-state index contributed by atoms with van der Waals surface area (Å²) >= 11 is 8.86. The Morgan fingerprint density at radius 1 is 1.08 bits per heavy atom. The fraction of sp³-hybridized carbons (Fsp3) is 0.158. The average Bonchev–Trinajstić information content (AvgIpc) is 2.61. The van der Waals surface area contributed by atoms with E-state index in [4.69, 9.17) is 17.0 Å². The molecule has 0 saturated carbocycles. The molecule has 0 aliphatic carbocycles. The highest BCUT2D eigenvalue weighted by Gasteiger charge is 2.29. The summed E-state index contributed by atoms with van der Waals surface area (Å²) in [5, 5.41) is 3.09. The van der Waals surface area contributed by atoms with Crippen LogP contribution in [-0.2, 0) is 9.53 Å². The standard InChI is InChI=1S/C19H18BrN3O2S/c1-12-11-16(23-22-15-9-7-13(20)8-10-15)17(19(24)25-12)18(26)21-14-5-3-2-4-6-14/h2-10,12,22-23H,11H2,1H3,(H,21,26). The Balaban J connectivity index is 1.80. The minimum atomic E-state index is -0.433. The lowest BCUT2D eigenvalue weighted by molar-refractivity contribution is -0.144. The molecule has 7 heteroatoms. The van der Waals surface area contributed by atoms with Crippen molar-refractivity contribution in [2.45, 2.75) is 19.4 Å². The van der Waals surface area contributed by atoms with Gasteiger partial charge in [-0.15, -0.1) is 0 Å². The van der Waals surface area contributed by atoms with Crippen LogP contribution in [0.2, 0.25) is 0 Å². The highest BCUT2D eigenvalue weighted by atomic mass is 79.9. The van der Waals surface area contributed by atoms with Crippen molar-refractivity contribution in [1.29, 1.82) is 0 Å². The number of anilines is 2. The summed E-state index contributed by atoms with van der Waals surface area (Å²) in [6, 6.07) is 17.2. The molecule has 1 aliphatic rings. The number of halogens is 1. The lowest BCUT2D eigenvalue weighted by Crippen LogP contribution is -2.36. The molecule has 1 atom stereocenters. The van der Waals surface area contributed by atoms with Crippen LogP contribution in [0.4, 0.5) is 11.4 Å². The first-order chi connectivity index (χ1) is 12.5. The summed E-state index contributed by atoms with van der Waals surface area (Å²) < 4.78 is 6.35. The minimum Gasteiger partial charge on any atom is -0.459 e. The fourth-order valence-electron chi connectivity index (χ4n) is 2.54. The van der Waals surface area contributed by atoms with E-state index in [2.05, 4.69) is 32.1 Å². The second-order valence-corrected chi connectivity index (χ2v) is 7.17. The molecule has 26 heavy (non-hydrogen) atoms. The van der Waals surface area contributed by atoms with Crippen molar-refractivity contribution in [3.8, 4) is 0 Å². The normalized spacial score (nSPS) is 16.7. The van der Waals surface area contributed by atoms with Crippen molar-refractivity contribution in [2.24, 2.45) is 0 Å². The maximum Gasteiger partial charge on any atom is 0.343 e. The molecule has 0 aromatic heterocycles. The number of cyclic esters (lactones) is 1.